The number of rotatable bonds is 5. The Labute approximate surface area is 201 Å². The van der Waals surface area contributed by atoms with Crippen LogP contribution in [0.3, 0.4) is 0 Å². The molecule has 0 radical (unpaired) electrons. The second-order valence-corrected chi connectivity index (χ2v) is 10.2. The molecule has 2 aromatic rings. The summed E-state index contributed by atoms with van der Waals surface area (Å²) < 4.78 is 45.0. The van der Waals surface area contributed by atoms with Gasteiger partial charge in [-0.05, 0) is 55.3 Å². The molecule has 0 saturated carbocycles. The minimum atomic E-state index is -3.87. The Balaban J connectivity index is 1.92. The topological polar surface area (TPSA) is 106 Å². The Morgan fingerprint density at radius 3 is 2.47 bits per heavy atom. The standard InChI is InChI=1S/C24H33N3O6S/c1-16-13-25-17(2)15-33-22-11-6-18(12-21(22)24(28)27(3)14-23(16)32-5)26-34(29,30)20-9-7-19(31-4)8-10-20/h6-12,16-17,23,25-26H,13-15H2,1-5H3/t16-,17-,23+/m1/s1. The molecular weight excluding hydrogens is 458 g/mol. The maximum atomic E-state index is 13.3. The van der Waals surface area contributed by atoms with E-state index in [1.54, 1.807) is 43.3 Å². The summed E-state index contributed by atoms with van der Waals surface area (Å²) in [5.41, 5.74) is 0.530. The number of likely N-dealkylation sites (N-methyl/N-ethyl adjacent to an activating group) is 1. The van der Waals surface area contributed by atoms with Crippen molar-refractivity contribution in [3.8, 4) is 11.5 Å². The van der Waals surface area contributed by atoms with Crippen molar-refractivity contribution in [1.29, 1.82) is 0 Å². The molecule has 0 spiro atoms. The predicted octanol–water partition coefficient (Wildman–Crippen LogP) is 2.59. The lowest BCUT2D eigenvalue weighted by Crippen LogP contribution is -2.44. The highest BCUT2D eigenvalue weighted by Crippen LogP contribution is 2.27. The van der Waals surface area contributed by atoms with Crippen molar-refractivity contribution in [3.05, 3.63) is 48.0 Å². The van der Waals surface area contributed by atoms with Crippen LogP contribution < -0.4 is 19.5 Å². The maximum Gasteiger partial charge on any atom is 0.261 e. The molecule has 0 unspecified atom stereocenters. The molecule has 2 N–H and O–H groups in total. The SMILES string of the molecule is COc1ccc(S(=O)(=O)Nc2ccc3c(c2)C(=O)N(C)C[C@H](OC)[C@H](C)CN[C@H](C)CO3)cc1. The molecule has 3 rings (SSSR count). The lowest BCUT2D eigenvalue weighted by atomic mass is 10.0. The summed E-state index contributed by atoms with van der Waals surface area (Å²) in [4.78, 5) is 15.0. The summed E-state index contributed by atoms with van der Waals surface area (Å²) in [6.45, 7) is 5.53. The van der Waals surface area contributed by atoms with Gasteiger partial charge in [0, 0.05) is 39.0 Å². The molecule has 0 aromatic heterocycles. The summed E-state index contributed by atoms with van der Waals surface area (Å²) in [6, 6.07) is 10.8. The third-order valence-electron chi connectivity index (χ3n) is 5.85. The Hall–Kier alpha value is -2.82. The van der Waals surface area contributed by atoms with Crippen LogP contribution in [-0.4, -0.2) is 72.3 Å². The summed E-state index contributed by atoms with van der Waals surface area (Å²) in [5, 5.41) is 3.43. The normalized spacial score (nSPS) is 22.1. The highest BCUT2D eigenvalue weighted by Gasteiger charge is 2.26. The number of carbonyl (C=O) groups is 1. The molecule has 1 aliphatic rings. The molecule has 3 atom stereocenters. The summed E-state index contributed by atoms with van der Waals surface area (Å²) in [6.07, 6.45) is -0.158. The number of anilines is 1. The van der Waals surface area contributed by atoms with Gasteiger partial charge in [0.2, 0.25) is 0 Å². The van der Waals surface area contributed by atoms with E-state index in [0.29, 0.717) is 24.7 Å². The molecule has 34 heavy (non-hydrogen) atoms. The number of nitrogens with one attached hydrogen (secondary N) is 2. The molecule has 1 heterocycles. The largest absolute Gasteiger partial charge is 0.497 e. The molecule has 1 aliphatic heterocycles. The molecule has 0 aliphatic carbocycles. The van der Waals surface area contributed by atoms with Gasteiger partial charge in [-0.25, -0.2) is 8.42 Å². The van der Waals surface area contributed by atoms with E-state index in [1.165, 1.54) is 25.3 Å². The zero-order valence-corrected chi connectivity index (χ0v) is 21.0. The first-order valence-electron chi connectivity index (χ1n) is 11.1. The van der Waals surface area contributed by atoms with Gasteiger partial charge >= 0.3 is 0 Å². The first kappa shape index (κ1) is 25.8. The van der Waals surface area contributed by atoms with Crippen molar-refractivity contribution in [1.82, 2.24) is 10.2 Å². The average Bonchev–Trinajstić information content (AvgIpc) is 2.83. The number of sulfonamides is 1. The molecule has 10 heteroatoms. The second kappa shape index (κ2) is 11.1. The van der Waals surface area contributed by atoms with Crippen molar-refractivity contribution >= 4 is 21.6 Å². The van der Waals surface area contributed by atoms with E-state index in [9.17, 15) is 13.2 Å². The number of carbonyl (C=O) groups excluding carboxylic acids is 1. The zero-order valence-electron chi connectivity index (χ0n) is 20.2. The predicted molar refractivity (Wildman–Crippen MR) is 130 cm³/mol. The third-order valence-corrected chi connectivity index (χ3v) is 7.24. The fourth-order valence-electron chi connectivity index (χ4n) is 3.69. The molecule has 9 nitrogen and oxygen atoms in total. The van der Waals surface area contributed by atoms with E-state index >= 15 is 0 Å². The smallest absolute Gasteiger partial charge is 0.261 e. The number of ether oxygens (including phenoxy) is 3. The van der Waals surface area contributed by atoms with Gasteiger partial charge in [0.25, 0.3) is 15.9 Å². The van der Waals surface area contributed by atoms with E-state index in [0.717, 1.165) is 6.54 Å². The van der Waals surface area contributed by atoms with Gasteiger partial charge in [-0.2, -0.15) is 0 Å². The van der Waals surface area contributed by atoms with Crippen LogP contribution in [0.2, 0.25) is 0 Å². The van der Waals surface area contributed by atoms with Crippen LogP contribution in [-0.2, 0) is 14.8 Å². The fraction of sp³-hybridized carbons (Fsp3) is 0.458. The van der Waals surface area contributed by atoms with Crippen LogP contribution in [0.4, 0.5) is 5.69 Å². The van der Waals surface area contributed by atoms with Crippen LogP contribution in [0.15, 0.2) is 47.4 Å². The lowest BCUT2D eigenvalue weighted by Gasteiger charge is -2.30. The second-order valence-electron chi connectivity index (χ2n) is 8.55. The van der Waals surface area contributed by atoms with Crippen LogP contribution in [0.1, 0.15) is 24.2 Å². The van der Waals surface area contributed by atoms with E-state index < -0.39 is 10.0 Å². The number of hydrogen-bond donors (Lipinski definition) is 2. The van der Waals surface area contributed by atoms with Crippen LogP contribution in [0.5, 0.6) is 11.5 Å². The Bertz CT molecular complexity index is 1090. The van der Waals surface area contributed by atoms with E-state index in [1.807, 2.05) is 6.92 Å². The van der Waals surface area contributed by atoms with Gasteiger partial charge in [0.05, 0.1) is 23.7 Å². The van der Waals surface area contributed by atoms with Gasteiger partial charge in [-0.3, -0.25) is 9.52 Å². The van der Waals surface area contributed by atoms with Gasteiger partial charge in [-0.15, -0.1) is 0 Å². The molecule has 2 aromatic carbocycles. The van der Waals surface area contributed by atoms with E-state index in [4.69, 9.17) is 14.2 Å². The van der Waals surface area contributed by atoms with E-state index in [-0.39, 0.29) is 40.1 Å². The van der Waals surface area contributed by atoms with Crippen molar-refractivity contribution in [2.75, 3.05) is 45.7 Å². The van der Waals surface area contributed by atoms with E-state index in [2.05, 4.69) is 17.0 Å². The summed E-state index contributed by atoms with van der Waals surface area (Å²) in [5.74, 6) is 0.831. The highest BCUT2D eigenvalue weighted by molar-refractivity contribution is 7.92. The van der Waals surface area contributed by atoms with Gasteiger partial charge in [0.1, 0.15) is 18.1 Å². The number of methoxy groups -OCH3 is 2. The third kappa shape index (κ3) is 6.19. The summed E-state index contributed by atoms with van der Waals surface area (Å²) >= 11 is 0. The zero-order chi connectivity index (χ0) is 24.9. The monoisotopic (exact) mass is 491 g/mol. The molecule has 1 amide bonds. The first-order chi connectivity index (χ1) is 16.1. The lowest BCUT2D eigenvalue weighted by molar-refractivity contribution is 0.0281. The molecule has 186 valence electrons. The van der Waals surface area contributed by atoms with Gasteiger partial charge < -0.3 is 24.4 Å². The van der Waals surface area contributed by atoms with Crippen LogP contribution in [0, 0.1) is 5.92 Å². The summed E-state index contributed by atoms with van der Waals surface area (Å²) in [7, 11) is 0.976. The number of hydrogen-bond acceptors (Lipinski definition) is 7. The number of amides is 1. The minimum absolute atomic E-state index is 0.0494. The molecule has 0 saturated heterocycles. The Morgan fingerprint density at radius 1 is 1.12 bits per heavy atom. The molecule has 0 fully saturated rings. The Morgan fingerprint density at radius 2 is 1.82 bits per heavy atom. The van der Waals surface area contributed by atoms with Crippen LogP contribution >= 0.6 is 0 Å². The number of benzene rings is 2. The fourth-order valence-corrected chi connectivity index (χ4v) is 4.74. The van der Waals surface area contributed by atoms with Crippen molar-refractivity contribution in [2.24, 2.45) is 5.92 Å². The maximum absolute atomic E-state index is 13.3. The van der Waals surface area contributed by atoms with Crippen LogP contribution in [0.25, 0.3) is 0 Å². The quantitative estimate of drug-likeness (QED) is 0.662. The first-order valence-corrected chi connectivity index (χ1v) is 12.6. The molecule has 0 bridgehead atoms. The van der Waals surface area contributed by atoms with Gasteiger partial charge in [0.15, 0.2) is 0 Å². The Kier molecular flexibility index (Phi) is 8.40. The van der Waals surface area contributed by atoms with Crippen molar-refractivity contribution < 1.29 is 27.4 Å². The van der Waals surface area contributed by atoms with Gasteiger partial charge in [-0.1, -0.05) is 6.92 Å². The minimum Gasteiger partial charge on any atom is -0.497 e. The number of fused-ring (bicyclic) bond motifs is 1. The highest BCUT2D eigenvalue weighted by atomic mass is 32.2. The average molecular weight is 492 g/mol. The van der Waals surface area contributed by atoms with Crippen molar-refractivity contribution in [3.63, 3.8) is 0 Å². The number of nitrogens with zero attached hydrogens (tertiary/aromatic N) is 1. The molecular formula is C24H33N3O6S. The van der Waals surface area contributed by atoms with Crippen molar-refractivity contribution in [2.45, 2.75) is 30.9 Å².